The maximum absolute atomic E-state index is 11.6. The molecule has 0 aliphatic carbocycles. The molecule has 0 aromatic carbocycles. The number of hydrogen-bond acceptors (Lipinski definition) is 4. The van der Waals surface area contributed by atoms with Crippen molar-refractivity contribution < 1.29 is 9.53 Å². The van der Waals surface area contributed by atoms with Crippen molar-refractivity contribution in [2.24, 2.45) is 0 Å². The van der Waals surface area contributed by atoms with Gasteiger partial charge in [0.05, 0.1) is 30.6 Å². The van der Waals surface area contributed by atoms with Gasteiger partial charge in [0.25, 0.3) is 0 Å². The summed E-state index contributed by atoms with van der Waals surface area (Å²) in [7, 11) is 0. The molecule has 3 heterocycles. The first-order chi connectivity index (χ1) is 10.6. The fourth-order valence-electron chi connectivity index (χ4n) is 2.34. The van der Waals surface area contributed by atoms with E-state index < -0.39 is 0 Å². The maximum Gasteiger partial charge on any atom is 0.341 e. The predicted octanol–water partition coefficient (Wildman–Crippen LogP) is 2.37. The van der Waals surface area contributed by atoms with Crippen molar-refractivity contribution in [2.75, 3.05) is 6.61 Å². The molecule has 0 unspecified atom stereocenters. The predicted molar refractivity (Wildman–Crippen MR) is 82.0 cm³/mol. The van der Waals surface area contributed by atoms with E-state index in [0.717, 1.165) is 11.3 Å². The van der Waals surface area contributed by atoms with Gasteiger partial charge in [0.1, 0.15) is 5.65 Å². The van der Waals surface area contributed by atoms with Gasteiger partial charge in [-0.1, -0.05) is 0 Å². The average molecular weight is 298 g/mol. The van der Waals surface area contributed by atoms with Crippen LogP contribution in [0.1, 0.15) is 34.1 Å². The fraction of sp³-hybridized carbons (Fsp3) is 0.312. The smallest absolute Gasteiger partial charge is 0.341 e. The monoisotopic (exact) mass is 298 g/mol. The molecule has 0 amide bonds. The van der Waals surface area contributed by atoms with Gasteiger partial charge in [-0.05, 0) is 38.0 Å². The van der Waals surface area contributed by atoms with Crippen LogP contribution >= 0.6 is 0 Å². The summed E-state index contributed by atoms with van der Waals surface area (Å²) in [4.78, 5) is 16.3. The molecule has 6 nitrogen and oxygen atoms in total. The number of imidazole rings is 1. The minimum Gasteiger partial charge on any atom is -0.462 e. The van der Waals surface area contributed by atoms with Crippen LogP contribution < -0.4 is 0 Å². The van der Waals surface area contributed by atoms with Gasteiger partial charge in [0.2, 0.25) is 0 Å². The number of pyridine rings is 1. The van der Waals surface area contributed by atoms with E-state index in [-0.39, 0.29) is 5.97 Å². The molecule has 0 aliphatic heterocycles. The zero-order chi connectivity index (χ0) is 15.7. The Morgan fingerprint density at radius 2 is 2.14 bits per heavy atom. The zero-order valence-corrected chi connectivity index (χ0v) is 12.9. The number of aryl methyl sites for hydroxylation is 2. The highest BCUT2D eigenvalue weighted by atomic mass is 16.5. The van der Waals surface area contributed by atoms with Gasteiger partial charge in [0.15, 0.2) is 0 Å². The van der Waals surface area contributed by atoms with Crippen LogP contribution in [-0.4, -0.2) is 31.7 Å². The standard InChI is InChI=1S/C16H18N4O2/c1-4-22-16(21)13-7-17-20(8-13)10-14-9-19-6-5-11(2)12(3)15(19)18-14/h5-9H,4,10H2,1-3H3. The van der Waals surface area contributed by atoms with Crippen molar-refractivity contribution in [2.45, 2.75) is 27.3 Å². The van der Waals surface area contributed by atoms with Gasteiger partial charge in [-0.15, -0.1) is 0 Å². The Kier molecular flexibility index (Phi) is 3.66. The van der Waals surface area contributed by atoms with Gasteiger partial charge in [-0.2, -0.15) is 5.10 Å². The van der Waals surface area contributed by atoms with Crippen LogP contribution in [0.5, 0.6) is 0 Å². The number of rotatable bonds is 4. The topological polar surface area (TPSA) is 61.4 Å². The summed E-state index contributed by atoms with van der Waals surface area (Å²) in [6.45, 7) is 6.79. The molecule has 0 aliphatic rings. The second-order valence-electron chi connectivity index (χ2n) is 5.23. The van der Waals surface area contributed by atoms with E-state index in [1.165, 1.54) is 17.3 Å². The van der Waals surface area contributed by atoms with Gasteiger partial charge >= 0.3 is 5.97 Å². The maximum atomic E-state index is 11.6. The quantitative estimate of drug-likeness (QED) is 0.694. The molecule has 6 heteroatoms. The normalized spacial score (nSPS) is 11.0. The first-order valence-electron chi connectivity index (χ1n) is 7.22. The van der Waals surface area contributed by atoms with E-state index in [9.17, 15) is 4.79 Å². The Hall–Kier alpha value is -2.63. The van der Waals surface area contributed by atoms with Crippen LogP contribution in [0, 0.1) is 13.8 Å². The molecule has 0 N–H and O–H groups in total. The SMILES string of the molecule is CCOC(=O)c1cnn(Cc2cn3ccc(C)c(C)c3n2)c1. The molecule has 0 saturated heterocycles. The molecule has 3 aromatic heterocycles. The summed E-state index contributed by atoms with van der Waals surface area (Å²) in [6, 6.07) is 2.07. The number of ether oxygens (including phenoxy) is 1. The van der Waals surface area contributed by atoms with Crippen LogP contribution in [0.4, 0.5) is 0 Å². The Balaban J connectivity index is 1.84. The number of carbonyl (C=O) groups excluding carboxylic acids is 1. The lowest BCUT2D eigenvalue weighted by molar-refractivity contribution is 0.0526. The molecular weight excluding hydrogens is 280 g/mol. The van der Waals surface area contributed by atoms with Crippen LogP contribution in [0.15, 0.2) is 30.9 Å². The van der Waals surface area contributed by atoms with Crippen LogP contribution in [-0.2, 0) is 11.3 Å². The lowest BCUT2D eigenvalue weighted by Gasteiger charge is -2.00. The number of hydrogen-bond donors (Lipinski definition) is 0. The highest BCUT2D eigenvalue weighted by molar-refractivity contribution is 5.88. The molecule has 0 radical (unpaired) electrons. The molecule has 22 heavy (non-hydrogen) atoms. The van der Waals surface area contributed by atoms with Crippen molar-refractivity contribution in [1.29, 1.82) is 0 Å². The number of nitrogens with zero attached hydrogens (tertiary/aromatic N) is 4. The van der Waals surface area contributed by atoms with E-state index >= 15 is 0 Å². The summed E-state index contributed by atoms with van der Waals surface area (Å²) in [5.41, 5.74) is 4.69. The van der Waals surface area contributed by atoms with Crippen molar-refractivity contribution in [1.82, 2.24) is 19.2 Å². The summed E-state index contributed by atoms with van der Waals surface area (Å²) >= 11 is 0. The van der Waals surface area contributed by atoms with Crippen molar-refractivity contribution in [3.8, 4) is 0 Å². The summed E-state index contributed by atoms with van der Waals surface area (Å²) < 4.78 is 8.65. The molecule has 0 atom stereocenters. The van der Waals surface area contributed by atoms with E-state index in [1.807, 2.05) is 16.8 Å². The van der Waals surface area contributed by atoms with E-state index in [4.69, 9.17) is 4.74 Å². The molecule has 0 spiro atoms. The highest BCUT2D eigenvalue weighted by Gasteiger charge is 2.11. The van der Waals surface area contributed by atoms with E-state index in [0.29, 0.717) is 18.7 Å². The van der Waals surface area contributed by atoms with Crippen LogP contribution in [0.25, 0.3) is 5.65 Å². The first kappa shape index (κ1) is 14.3. The van der Waals surface area contributed by atoms with E-state index in [2.05, 4.69) is 30.0 Å². The lowest BCUT2D eigenvalue weighted by atomic mass is 10.2. The third-order valence-corrected chi connectivity index (χ3v) is 3.66. The molecule has 3 rings (SSSR count). The van der Waals surface area contributed by atoms with Gasteiger partial charge in [0, 0.05) is 18.6 Å². The fourth-order valence-corrected chi connectivity index (χ4v) is 2.34. The van der Waals surface area contributed by atoms with E-state index in [1.54, 1.807) is 17.8 Å². The zero-order valence-electron chi connectivity index (χ0n) is 12.9. The third kappa shape index (κ3) is 2.59. The average Bonchev–Trinajstić information content (AvgIpc) is 3.11. The van der Waals surface area contributed by atoms with Crippen LogP contribution in [0.2, 0.25) is 0 Å². The number of fused-ring (bicyclic) bond motifs is 1. The van der Waals surface area contributed by atoms with Crippen molar-refractivity contribution >= 4 is 11.6 Å². The minimum atomic E-state index is -0.352. The first-order valence-corrected chi connectivity index (χ1v) is 7.22. The van der Waals surface area contributed by atoms with Gasteiger partial charge in [-0.3, -0.25) is 4.68 Å². The van der Waals surface area contributed by atoms with Crippen molar-refractivity contribution in [3.05, 3.63) is 53.2 Å². The summed E-state index contributed by atoms with van der Waals surface area (Å²) in [6.07, 6.45) is 7.18. The Morgan fingerprint density at radius 1 is 1.32 bits per heavy atom. The largest absolute Gasteiger partial charge is 0.462 e. The number of aromatic nitrogens is 4. The van der Waals surface area contributed by atoms with Crippen molar-refractivity contribution in [3.63, 3.8) is 0 Å². The lowest BCUT2D eigenvalue weighted by Crippen LogP contribution is -2.04. The molecule has 3 aromatic rings. The van der Waals surface area contributed by atoms with Gasteiger partial charge in [-0.25, -0.2) is 9.78 Å². The summed E-state index contributed by atoms with van der Waals surface area (Å²) in [5, 5.41) is 4.19. The number of carbonyl (C=O) groups is 1. The molecule has 114 valence electrons. The van der Waals surface area contributed by atoms with Gasteiger partial charge < -0.3 is 9.14 Å². The summed E-state index contributed by atoms with van der Waals surface area (Å²) in [5.74, 6) is -0.352. The second kappa shape index (κ2) is 5.63. The van der Waals surface area contributed by atoms with Crippen LogP contribution in [0.3, 0.4) is 0 Å². The Bertz CT molecular complexity index is 832. The molecule has 0 saturated carbocycles. The Morgan fingerprint density at radius 3 is 2.91 bits per heavy atom. The minimum absolute atomic E-state index is 0.352. The molecule has 0 bridgehead atoms. The number of esters is 1. The second-order valence-corrected chi connectivity index (χ2v) is 5.23. The Labute approximate surface area is 128 Å². The highest BCUT2D eigenvalue weighted by Crippen LogP contribution is 2.15. The third-order valence-electron chi connectivity index (χ3n) is 3.66. The molecule has 0 fully saturated rings. The molecular formula is C16H18N4O2.